The van der Waals surface area contributed by atoms with Crippen LogP contribution < -0.4 is 4.72 Å². The molecule has 0 spiro atoms. The molecule has 1 N–H and O–H groups in total. The Morgan fingerprint density at radius 2 is 1.47 bits per heavy atom. The van der Waals surface area contributed by atoms with Crippen molar-refractivity contribution >= 4 is 21.8 Å². The molecular weight excluding hydrogens is 431 g/mol. The third-order valence-corrected chi connectivity index (χ3v) is 7.58. The summed E-state index contributed by atoms with van der Waals surface area (Å²) in [7, 11) is -4.33. The molecule has 3 nitrogen and oxygen atoms in total. The lowest BCUT2D eigenvalue weighted by atomic mass is 9.87. The molecule has 1 unspecified atom stereocenters. The molecule has 0 bridgehead atoms. The molecule has 0 aliphatic carbocycles. The minimum atomic E-state index is -4.71. The Hall–Kier alpha value is -1.51. The third kappa shape index (κ3) is 6.25. The number of benzene rings is 2. The Bertz CT molecular complexity index is 970. The predicted octanol–water partition coefficient (Wildman–Crippen LogP) is 5.91. The second kappa shape index (κ2) is 8.93. The standard InChI is InChI=1S/C22H28F3NO2S2/c1-14-11-15(2)20(16(3)12-14)30(27,28)26-19(22(23,24)25)13-29-18-9-7-17(8-10-18)21(4,5)6/h7-12,19,26H,13H2,1-6H3. The van der Waals surface area contributed by atoms with Gasteiger partial charge in [0.15, 0.2) is 0 Å². The van der Waals surface area contributed by atoms with E-state index in [9.17, 15) is 21.6 Å². The molecule has 0 radical (unpaired) electrons. The van der Waals surface area contributed by atoms with Gasteiger partial charge in [0.05, 0.1) is 4.90 Å². The Labute approximate surface area is 181 Å². The van der Waals surface area contributed by atoms with Crippen LogP contribution in [0.5, 0.6) is 0 Å². The van der Waals surface area contributed by atoms with Crippen LogP contribution in [-0.4, -0.2) is 26.4 Å². The van der Waals surface area contributed by atoms with Gasteiger partial charge in [0.25, 0.3) is 0 Å². The number of sulfonamides is 1. The van der Waals surface area contributed by atoms with E-state index < -0.39 is 28.0 Å². The van der Waals surface area contributed by atoms with Gasteiger partial charge in [0.2, 0.25) is 10.0 Å². The zero-order chi connectivity index (χ0) is 22.9. The fourth-order valence-corrected chi connectivity index (χ4v) is 6.00. The molecule has 0 saturated heterocycles. The van der Waals surface area contributed by atoms with Crippen molar-refractivity contribution in [3.63, 3.8) is 0 Å². The van der Waals surface area contributed by atoms with E-state index in [1.807, 2.05) is 23.8 Å². The molecule has 0 aliphatic heterocycles. The number of hydrogen-bond donors (Lipinski definition) is 1. The lowest BCUT2D eigenvalue weighted by Crippen LogP contribution is -2.47. The monoisotopic (exact) mass is 459 g/mol. The number of halogens is 3. The van der Waals surface area contributed by atoms with Gasteiger partial charge in [-0.05, 0) is 55.0 Å². The lowest BCUT2D eigenvalue weighted by Gasteiger charge is -2.23. The lowest BCUT2D eigenvalue weighted by molar-refractivity contribution is -0.145. The Kier molecular flexibility index (Phi) is 7.37. The summed E-state index contributed by atoms with van der Waals surface area (Å²) in [6, 6.07) is 8.39. The first kappa shape index (κ1) is 24.8. The number of aryl methyl sites for hydroxylation is 3. The second-order valence-corrected chi connectivity index (χ2v) is 11.3. The number of thioether (sulfide) groups is 1. The van der Waals surface area contributed by atoms with Crippen molar-refractivity contribution in [2.75, 3.05) is 5.75 Å². The highest BCUT2D eigenvalue weighted by Gasteiger charge is 2.42. The van der Waals surface area contributed by atoms with Crippen molar-refractivity contribution in [3.8, 4) is 0 Å². The first-order chi connectivity index (χ1) is 13.6. The zero-order valence-electron chi connectivity index (χ0n) is 18.0. The van der Waals surface area contributed by atoms with Crippen molar-refractivity contribution in [3.05, 3.63) is 58.7 Å². The molecule has 0 aliphatic rings. The average molecular weight is 460 g/mol. The van der Waals surface area contributed by atoms with E-state index in [1.165, 1.54) is 0 Å². The minimum absolute atomic E-state index is 0.0584. The highest BCUT2D eigenvalue weighted by molar-refractivity contribution is 7.99. The summed E-state index contributed by atoms with van der Waals surface area (Å²) in [4.78, 5) is 0.557. The SMILES string of the molecule is Cc1cc(C)c(S(=O)(=O)NC(CSc2ccc(C(C)(C)C)cc2)C(F)(F)F)c(C)c1. The highest BCUT2D eigenvalue weighted by atomic mass is 32.2. The van der Waals surface area contributed by atoms with E-state index in [2.05, 4.69) is 20.8 Å². The van der Waals surface area contributed by atoms with Crippen LogP contribution >= 0.6 is 11.8 Å². The normalized spacial score (nSPS) is 14.0. The van der Waals surface area contributed by atoms with Gasteiger partial charge in [0.1, 0.15) is 6.04 Å². The van der Waals surface area contributed by atoms with Crippen molar-refractivity contribution < 1.29 is 21.6 Å². The first-order valence-corrected chi connectivity index (χ1v) is 12.0. The fourth-order valence-electron chi connectivity index (χ4n) is 3.26. The smallest absolute Gasteiger partial charge is 0.207 e. The highest BCUT2D eigenvalue weighted by Crippen LogP contribution is 2.31. The molecule has 0 heterocycles. The minimum Gasteiger partial charge on any atom is -0.207 e. The number of nitrogens with one attached hydrogen (secondary N) is 1. The molecule has 0 saturated carbocycles. The summed E-state index contributed by atoms with van der Waals surface area (Å²) in [6.07, 6.45) is -4.71. The summed E-state index contributed by atoms with van der Waals surface area (Å²) in [5, 5.41) is 0. The van der Waals surface area contributed by atoms with Crippen LogP contribution in [0.3, 0.4) is 0 Å². The molecule has 0 aromatic heterocycles. The van der Waals surface area contributed by atoms with Crippen molar-refractivity contribution in [2.24, 2.45) is 0 Å². The second-order valence-electron chi connectivity index (χ2n) is 8.53. The Balaban J connectivity index is 2.23. The van der Waals surface area contributed by atoms with Crippen molar-refractivity contribution in [2.45, 2.75) is 69.0 Å². The van der Waals surface area contributed by atoms with Crippen LogP contribution in [0.2, 0.25) is 0 Å². The molecule has 0 amide bonds. The van der Waals surface area contributed by atoms with Crippen LogP contribution in [0, 0.1) is 20.8 Å². The fraction of sp³-hybridized carbons (Fsp3) is 0.455. The van der Waals surface area contributed by atoms with E-state index in [0.717, 1.165) is 22.9 Å². The van der Waals surface area contributed by atoms with E-state index in [-0.39, 0.29) is 10.3 Å². The van der Waals surface area contributed by atoms with Crippen LogP contribution in [0.15, 0.2) is 46.2 Å². The van der Waals surface area contributed by atoms with Gasteiger partial charge in [-0.2, -0.15) is 17.9 Å². The van der Waals surface area contributed by atoms with Crippen LogP contribution in [-0.2, 0) is 15.4 Å². The maximum absolute atomic E-state index is 13.6. The molecule has 2 aromatic rings. The largest absolute Gasteiger partial charge is 0.405 e. The van der Waals surface area contributed by atoms with Gasteiger partial charge in [0, 0.05) is 10.6 Å². The molecule has 2 rings (SSSR count). The van der Waals surface area contributed by atoms with Crippen molar-refractivity contribution in [1.29, 1.82) is 0 Å². The summed E-state index contributed by atoms with van der Waals surface area (Å²) >= 11 is 0.975. The molecule has 166 valence electrons. The molecule has 8 heteroatoms. The van der Waals surface area contributed by atoms with Gasteiger partial charge in [-0.1, -0.05) is 50.6 Å². The maximum Gasteiger partial charge on any atom is 0.405 e. The topological polar surface area (TPSA) is 46.2 Å². The maximum atomic E-state index is 13.6. The van der Waals surface area contributed by atoms with E-state index >= 15 is 0 Å². The van der Waals surface area contributed by atoms with Gasteiger partial charge in [-0.3, -0.25) is 0 Å². The molecular formula is C22H28F3NO2S2. The average Bonchev–Trinajstić information content (AvgIpc) is 2.56. The summed E-state index contributed by atoms with van der Waals surface area (Å²) in [5.74, 6) is -0.457. The van der Waals surface area contributed by atoms with Gasteiger partial charge in [-0.15, -0.1) is 11.8 Å². The molecule has 1 atom stereocenters. The first-order valence-electron chi connectivity index (χ1n) is 9.51. The number of hydrogen-bond acceptors (Lipinski definition) is 3. The third-order valence-electron chi connectivity index (χ3n) is 4.70. The molecule has 0 fully saturated rings. The van der Waals surface area contributed by atoms with E-state index in [0.29, 0.717) is 16.0 Å². The zero-order valence-corrected chi connectivity index (χ0v) is 19.6. The van der Waals surface area contributed by atoms with Crippen LogP contribution in [0.25, 0.3) is 0 Å². The molecule has 30 heavy (non-hydrogen) atoms. The number of rotatable bonds is 6. The van der Waals surface area contributed by atoms with Crippen molar-refractivity contribution in [1.82, 2.24) is 4.72 Å². The van der Waals surface area contributed by atoms with Gasteiger partial charge >= 0.3 is 6.18 Å². The van der Waals surface area contributed by atoms with Gasteiger partial charge in [-0.25, -0.2) is 8.42 Å². The van der Waals surface area contributed by atoms with E-state index in [4.69, 9.17) is 0 Å². The summed E-state index contributed by atoms with van der Waals surface area (Å²) in [6.45, 7) is 11.1. The van der Waals surface area contributed by atoms with Crippen LogP contribution in [0.4, 0.5) is 13.2 Å². The summed E-state index contributed by atoms with van der Waals surface area (Å²) in [5.41, 5.74) is 2.71. The van der Waals surface area contributed by atoms with Crippen LogP contribution in [0.1, 0.15) is 43.0 Å². The summed E-state index contributed by atoms with van der Waals surface area (Å²) < 4.78 is 68.3. The Morgan fingerprint density at radius 3 is 1.90 bits per heavy atom. The van der Waals surface area contributed by atoms with Gasteiger partial charge < -0.3 is 0 Å². The van der Waals surface area contributed by atoms with E-state index in [1.54, 1.807) is 38.1 Å². The molecule has 2 aromatic carbocycles. The Morgan fingerprint density at radius 1 is 0.967 bits per heavy atom. The number of alkyl halides is 3. The quantitative estimate of drug-likeness (QED) is 0.546. The predicted molar refractivity (Wildman–Crippen MR) is 117 cm³/mol.